The first kappa shape index (κ1) is 15.7. The summed E-state index contributed by atoms with van der Waals surface area (Å²) in [4.78, 5) is 17.6. The molecule has 0 amide bonds. The second kappa shape index (κ2) is 5.76. The maximum Gasteiger partial charge on any atom is 0.138 e. The predicted octanol–water partition coefficient (Wildman–Crippen LogP) is 5.74. The monoisotopic (exact) mass is 344 g/mol. The number of aromatic amines is 1. The molecule has 1 fully saturated rings. The lowest BCUT2D eigenvalue weighted by molar-refractivity contribution is 0.412. The van der Waals surface area contributed by atoms with Gasteiger partial charge in [0.25, 0.3) is 0 Å². The van der Waals surface area contributed by atoms with E-state index in [0.717, 1.165) is 28.0 Å². The molecule has 0 bridgehead atoms. The van der Waals surface area contributed by atoms with Gasteiger partial charge in [-0.1, -0.05) is 20.3 Å². The van der Waals surface area contributed by atoms with E-state index in [9.17, 15) is 0 Å². The van der Waals surface area contributed by atoms with Crippen molar-refractivity contribution in [3.63, 3.8) is 0 Å². The van der Waals surface area contributed by atoms with Crippen molar-refractivity contribution >= 4 is 22.4 Å². The number of hydrogen-bond acceptors (Lipinski definition) is 3. The van der Waals surface area contributed by atoms with Crippen LogP contribution in [-0.2, 0) is 0 Å². The second-order valence-electron chi connectivity index (χ2n) is 8.07. The molecule has 1 atom stereocenters. The Balaban J connectivity index is 1.57. The van der Waals surface area contributed by atoms with E-state index in [1.807, 2.05) is 12.4 Å². The third kappa shape index (κ3) is 2.32. The zero-order valence-corrected chi connectivity index (χ0v) is 15.6. The van der Waals surface area contributed by atoms with Crippen molar-refractivity contribution in [3.8, 4) is 11.3 Å². The standard InChI is InChI=1S/C22H24N4/c1-12(2)21-13(3)25-20-11-23-19(9-16(20)21)17-10-24-22-15(17)7-8-18(26-22)14-5-4-6-14/h7-12,14,21H,4-6H2,1-3H3,(H,24,26). The van der Waals surface area contributed by atoms with Gasteiger partial charge >= 0.3 is 0 Å². The van der Waals surface area contributed by atoms with Crippen molar-refractivity contribution in [2.45, 2.75) is 51.9 Å². The van der Waals surface area contributed by atoms with E-state index in [0.29, 0.717) is 17.8 Å². The van der Waals surface area contributed by atoms with Gasteiger partial charge in [-0.3, -0.25) is 9.98 Å². The average Bonchev–Trinajstić information content (AvgIpc) is 3.12. The Morgan fingerprint density at radius 3 is 2.77 bits per heavy atom. The summed E-state index contributed by atoms with van der Waals surface area (Å²) < 4.78 is 0. The Kier molecular flexibility index (Phi) is 3.49. The van der Waals surface area contributed by atoms with Gasteiger partial charge < -0.3 is 4.98 Å². The Morgan fingerprint density at radius 1 is 1.19 bits per heavy atom. The van der Waals surface area contributed by atoms with Crippen molar-refractivity contribution in [1.29, 1.82) is 0 Å². The minimum Gasteiger partial charge on any atom is -0.345 e. The summed E-state index contributed by atoms with van der Waals surface area (Å²) >= 11 is 0. The van der Waals surface area contributed by atoms with Crippen LogP contribution in [0.15, 0.2) is 35.6 Å². The maximum atomic E-state index is 4.87. The van der Waals surface area contributed by atoms with Crippen LogP contribution in [-0.4, -0.2) is 20.7 Å². The van der Waals surface area contributed by atoms with Crippen LogP contribution in [0.25, 0.3) is 22.3 Å². The highest BCUT2D eigenvalue weighted by Crippen LogP contribution is 2.42. The fourth-order valence-corrected chi connectivity index (χ4v) is 4.44. The first-order valence-corrected chi connectivity index (χ1v) is 9.65. The SMILES string of the molecule is CC1=Nc2cnc(-c3c[nH]c4nc(C5CCC5)ccc34)cc2C1C(C)C. The fourth-order valence-electron chi connectivity index (χ4n) is 4.44. The van der Waals surface area contributed by atoms with Crippen molar-refractivity contribution < 1.29 is 0 Å². The fraction of sp³-hybridized carbons (Fsp3) is 0.409. The zero-order valence-electron chi connectivity index (χ0n) is 15.6. The number of aromatic nitrogens is 3. The highest BCUT2D eigenvalue weighted by Gasteiger charge is 2.28. The number of hydrogen-bond donors (Lipinski definition) is 1. The number of rotatable bonds is 3. The van der Waals surface area contributed by atoms with Crippen molar-refractivity contribution in [3.05, 3.63) is 41.9 Å². The largest absolute Gasteiger partial charge is 0.345 e. The Bertz CT molecular complexity index is 1020. The van der Waals surface area contributed by atoms with Gasteiger partial charge in [0.1, 0.15) is 5.65 Å². The molecule has 0 spiro atoms. The first-order valence-electron chi connectivity index (χ1n) is 9.65. The third-order valence-corrected chi connectivity index (χ3v) is 6.02. The summed E-state index contributed by atoms with van der Waals surface area (Å²) in [5.74, 6) is 1.57. The van der Waals surface area contributed by atoms with Gasteiger partial charge in [-0.15, -0.1) is 0 Å². The van der Waals surface area contributed by atoms with E-state index in [1.54, 1.807) is 0 Å². The van der Waals surface area contributed by atoms with Crippen LogP contribution in [0.5, 0.6) is 0 Å². The molecule has 4 heterocycles. The Morgan fingerprint density at radius 2 is 2.04 bits per heavy atom. The molecule has 1 aliphatic carbocycles. The summed E-state index contributed by atoms with van der Waals surface area (Å²) in [5, 5.41) is 1.15. The molecule has 4 nitrogen and oxygen atoms in total. The van der Waals surface area contributed by atoms with E-state index >= 15 is 0 Å². The molecule has 132 valence electrons. The number of fused-ring (bicyclic) bond motifs is 2. The summed E-state index contributed by atoms with van der Waals surface area (Å²) in [5.41, 5.74) is 7.85. The highest BCUT2D eigenvalue weighted by molar-refractivity contribution is 5.98. The summed E-state index contributed by atoms with van der Waals surface area (Å²) in [7, 11) is 0. The molecule has 1 N–H and O–H groups in total. The van der Waals surface area contributed by atoms with Gasteiger partial charge in [-0.2, -0.15) is 0 Å². The van der Waals surface area contributed by atoms with Crippen LogP contribution >= 0.6 is 0 Å². The van der Waals surface area contributed by atoms with Crippen LogP contribution in [0, 0.1) is 5.92 Å². The molecule has 0 saturated heterocycles. The van der Waals surface area contributed by atoms with Crippen molar-refractivity contribution in [2.75, 3.05) is 0 Å². The topological polar surface area (TPSA) is 53.9 Å². The minimum absolute atomic E-state index is 0.389. The number of aliphatic imine (C=N–C) groups is 1. The number of H-pyrrole nitrogens is 1. The van der Waals surface area contributed by atoms with Crippen molar-refractivity contribution in [2.24, 2.45) is 10.9 Å². The molecule has 0 radical (unpaired) electrons. The average molecular weight is 344 g/mol. The zero-order chi connectivity index (χ0) is 17.8. The molecule has 2 aliphatic rings. The molecule has 0 aromatic carbocycles. The van der Waals surface area contributed by atoms with E-state index in [-0.39, 0.29) is 0 Å². The molecule has 3 aromatic heterocycles. The smallest absolute Gasteiger partial charge is 0.138 e. The lowest BCUT2D eigenvalue weighted by atomic mass is 9.82. The molecule has 5 rings (SSSR count). The van der Waals surface area contributed by atoms with Crippen LogP contribution in [0.4, 0.5) is 5.69 Å². The van der Waals surface area contributed by atoms with Crippen LogP contribution in [0.3, 0.4) is 0 Å². The predicted molar refractivity (Wildman–Crippen MR) is 106 cm³/mol. The summed E-state index contributed by atoms with van der Waals surface area (Å²) in [6, 6.07) is 6.63. The van der Waals surface area contributed by atoms with E-state index < -0.39 is 0 Å². The Labute approximate surface area is 153 Å². The summed E-state index contributed by atoms with van der Waals surface area (Å²) in [6.07, 6.45) is 7.84. The molecule has 4 heteroatoms. The molecular weight excluding hydrogens is 320 g/mol. The van der Waals surface area contributed by atoms with Crippen molar-refractivity contribution in [1.82, 2.24) is 15.0 Å². The Hall–Kier alpha value is -2.49. The molecule has 1 saturated carbocycles. The molecule has 3 aromatic rings. The van der Waals surface area contributed by atoms with Crippen LogP contribution < -0.4 is 0 Å². The van der Waals surface area contributed by atoms with E-state index in [2.05, 4.69) is 44.0 Å². The quantitative estimate of drug-likeness (QED) is 0.659. The van der Waals surface area contributed by atoms with E-state index in [1.165, 1.54) is 36.2 Å². The minimum atomic E-state index is 0.389. The maximum absolute atomic E-state index is 4.87. The number of nitrogens with zero attached hydrogens (tertiary/aromatic N) is 3. The molecule has 1 unspecified atom stereocenters. The second-order valence-corrected chi connectivity index (χ2v) is 8.07. The highest BCUT2D eigenvalue weighted by atomic mass is 14.9. The van der Waals surface area contributed by atoms with Gasteiger partial charge in [0, 0.05) is 40.4 Å². The first-order chi connectivity index (χ1) is 12.6. The van der Waals surface area contributed by atoms with Crippen LogP contribution in [0.2, 0.25) is 0 Å². The van der Waals surface area contributed by atoms with Gasteiger partial charge in [0.2, 0.25) is 0 Å². The van der Waals surface area contributed by atoms with E-state index in [4.69, 9.17) is 15.0 Å². The number of pyridine rings is 2. The van der Waals surface area contributed by atoms with Gasteiger partial charge in [0.05, 0.1) is 17.6 Å². The van der Waals surface area contributed by atoms with Crippen LogP contribution in [0.1, 0.15) is 63.1 Å². The molecule has 26 heavy (non-hydrogen) atoms. The normalized spacial score (nSPS) is 19.7. The third-order valence-electron chi connectivity index (χ3n) is 6.02. The van der Waals surface area contributed by atoms with Gasteiger partial charge in [-0.25, -0.2) is 4.98 Å². The van der Waals surface area contributed by atoms with Gasteiger partial charge in [-0.05, 0) is 49.4 Å². The molecule has 1 aliphatic heterocycles. The molecular formula is C22H24N4. The lowest BCUT2D eigenvalue weighted by Gasteiger charge is -2.24. The lowest BCUT2D eigenvalue weighted by Crippen LogP contribution is -2.11. The summed E-state index contributed by atoms with van der Waals surface area (Å²) in [6.45, 7) is 6.65. The number of nitrogens with one attached hydrogen (secondary N) is 1. The van der Waals surface area contributed by atoms with Gasteiger partial charge in [0.15, 0.2) is 0 Å².